The third-order valence-electron chi connectivity index (χ3n) is 3.39. The predicted molar refractivity (Wildman–Crippen MR) is 87.0 cm³/mol. The van der Waals surface area contributed by atoms with Gasteiger partial charge in [0, 0.05) is 34.7 Å². The maximum absolute atomic E-state index is 12.2. The van der Waals surface area contributed by atoms with E-state index in [1.165, 1.54) is 18.4 Å². The van der Waals surface area contributed by atoms with Crippen LogP contribution in [0.25, 0.3) is 0 Å². The van der Waals surface area contributed by atoms with E-state index in [4.69, 9.17) is 0 Å². The van der Waals surface area contributed by atoms with Gasteiger partial charge >= 0.3 is 0 Å². The monoisotopic (exact) mass is 327 g/mol. The van der Waals surface area contributed by atoms with Crippen molar-refractivity contribution in [2.24, 2.45) is 0 Å². The first kappa shape index (κ1) is 18.6. The normalized spacial score (nSPS) is 12.0. The molecule has 0 N–H and O–H groups in total. The van der Waals surface area contributed by atoms with Crippen LogP contribution in [0, 0.1) is 0 Å². The summed E-state index contributed by atoms with van der Waals surface area (Å²) in [5, 5.41) is 0. The van der Waals surface area contributed by atoms with Crippen LogP contribution in [0.5, 0.6) is 0 Å². The second kappa shape index (κ2) is 7.71. The molecule has 0 unspecified atom stereocenters. The molecule has 1 aromatic rings. The Hall–Kier alpha value is -1.44. The molecule has 0 radical (unpaired) electrons. The van der Waals surface area contributed by atoms with E-state index in [9.17, 15) is 13.2 Å². The Morgan fingerprint density at radius 3 is 2.27 bits per heavy atom. The van der Waals surface area contributed by atoms with Gasteiger partial charge in [0.25, 0.3) is 0 Å². The summed E-state index contributed by atoms with van der Waals surface area (Å²) in [6.45, 7) is 3.54. The maximum atomic E-state index is 12.2. The fraction of sp³-hybridized carbons (Fsp3) is 0.533. The van der Waals surface area contributed by atoms with Crippen LogP contribution in [-0.4, -0.2) is 69.7 Å². The summed E-state index contributed by atoms with van der Waals surface area (Å²) in [5.41, 5.74) is 0.872. The fourth-order valence-corrected chi connectivity index (χ4v) is 2.86. The van der Waals surface area contributed by atoms with Gasteiger partial charge in [-0.2, -0.15) is 0 Å². The number of nitrogens with zero attached hydrogens (tertiary/aromatic N) is 3. The summed E-state index contributed by atoms with van der Waals surface area (Å²) in [4.78, 5) is 15.6. The Kier molecular flexibility index (Phi) is 6.52. The quantitative estimate of drug-likeness (QED) is 0.745. The number of hydrogen-bond acceptors (Lipinski definition) is 4. The first-order valence-corrected chi connectivity index (χ1v) is 8.56. The molecule has 6 nitrogen and oxygen atoms in total. The van der Waals surface area contributed by atoms with Crippen LogP contribution in [0.15, 0.2) is 29.2 Å². The fourth-order valence-electron chi connectivity index (χ4n) is 1.89. The Labute approximate surface area is 133 Å². The summed E-state index contributed by atoms with van der Waals surface area (Å²) in [7, 11) is 3.03. The molecule has 22 heavy (non-hydrogen) atoms. The zero-order chi connectivity index (χ0) is 16.9. The van der Waals surface area contributed by atoms with Crippen LogP contribution in [0.4, 0.5) is 0 Å². The van der Waals surface area contributed by atoms with Crippen molar-refractivity contribution in [3.8, 4) is 0 Å². The lowest BCUT2D eigenvalue weighted by molar-refractivity contribution is -0.130. The molecule has 124 valence electrons. The van der Waals surface area contributed by atoms with Crippen LogP contribution in [0.3, 0.4) is 0 Å². The smallest absolute Gasteiger partial charge is 0.242 e. The minimum absolute atomic E-state index is 0.0268. The number of carbonyl (C=O) groups is 1. The second-order valence-corrected chi connectivity index (χ2v) is 7.68. The van der Waals surface area contributed by atoms with Crippen molar-refractivity contribution in [2.45, 2.75) is 18.4 Å². The van der Waals surface area contributed by atoms with Crippen molar-refractivity contribution in [3.05, 3.63) is 29.8 Å². The molecule has 0 aliphatic heterocycles. The maximum Gasteiger partial charge on any atom is 0.242 e. The average Bonchev–Trinajstić information content (AvgIpc) is 2.46. The van der Waals surface area contributed by atoms with Crippen molar-refractivity contribution in [3.63, 3.8) is 0 Å². The number of likely N-dealkylation sites (N-methyl/N-ethyl adjacent to an activating group) is 2. The highest BCUT2D eigenvalue weighted by atomic mass is 32.2. The highest BCUT2D eigenvalue weighted by Gasteiger charge is 2.18. The first-order chi connectivity index (χ1) is 10.2. The minimum Gasteiger partial charge on any atom is -0.348 e. The van der Waals surface area contributed by atoms with Gasteiger partial charge in [0.05, 0.1) is 11.4 Å². The van der Waals surface area contributed by atoms with Gasteiger partial charge in [-0.25, -0.2) is 12.7 Å². The van der Waals surface area contributed by atoms with Crippen molar-refractivity contribution in [2.75, 3.05) is 41.3 Å². The summed E-state index contributed by atoms with van der Waals surface area (Å²) < 4.78 is 25.5. The lowest BCUT2D eigenvalue weighted by Crippen LogP contribution is -2.36. The minimum atomic E-state index is -3.44. The molecule has 7 heteroatoms. The molecule has 0 heterocycles. The highest BCUT2D eigenvalue weighted by molar-refractivity contribution is 7.89. The van der Waals surface area contributed by atoms with Gasteiger partial charge < -0.3 is 4.90 Å². The number of rotatable bonds is 7. The third kappa shape index (κ3) is 4.79. The van der Waals surface area contributed by atoms with Crippen LogP contribution >= 0.6 is 0 Å². The molecule has 1 rings (SSSR count). The van der Waals surface area contributed by atoms with Crippen molar-refractivity contribution in [1.82, 2.24) is 14.1 Å². The molecule has 0 spiro atoms. The predicted octanol–water partition coefficient (Wildman–Crippen LogP) is 0.847. The molecule has 0 aliphatic rings. The lowest BCUT2D eigenvalue weighted by Gasteiger charge is -2.22. The summed E-state index contributed by atoms with van der Waals surface area (Å²) in [5.74, 6) is 0.0268. The van der Waals surface area contributed by atoms with Gasteiger partial charge in [-0.1, -0.05) is 19.1 Å². The Morgan fingerprint density at radius 1 is 1.14 bits per heavy atom. The summed E-state index contributed by atoms with van der Waals surface area (Å²) >= 11 is 0. The third-order valence-corrected chi connectivity index (χ3v) is 5.20. The number of amides is 1. The van der Waals surface area contributed by atoms with E-state index in [1.54, 1.807) is 37.2 Å². The Bertz CT molecular complexity index is 612. The van der Waals surface area contributed by atoms with E-state index in [-0.39, 0.29) is 10.8 Å². The van der Waals surface area contributed by atoms with E-state index in [0.717, 1.165) is 5.56 Å². The van der Waals surface area contributed by atoms with Gasteiger partial charge in [-0.15, -0.1) is 0 Å². The van der Waals surface area contributed by atoms with E-state index in [2.05, 4.69) is 0 Å². The van der Waals surface area contributed by atoms with Crippen molar-refractivity contribution >= 4 is 15.9 Å². The molecule has 0 atom stereocenters. The topological polar surface area (TPSA) is 60.9 Å². The standard InChI is InChI=1S/C15H25N3O3S/c1-6-18(12-15(19)16(2)3)11-13-8-7-9-14(10-13)22(20,21)17(4)5/h7-10H,6,11-12H2,1-5H3. The molecular formula is C15H25N3O3S. The van der Waals surface area contributed by atoms with Crippen LogP contribution in [0.1, 0.15) is 12.5 Å². The molecular weight excluding hydrogens is 302 g/mol. The molecule has 1 aromatic carbocycles. The van der Waals surface area contributed by atoms with Crippen LogP contribution in [0.2, 0.25) is 0 Å². The summed E-state index contributed by atoms with van der Waals surface area (Å²) in [6.07, 6.45) is 0. The highest BCUT2D eigenvalue weighted by Crippen LogP contribution is 2.16. The van der Waals surface area contributed by atoms with Gasteiger partial charge in [0.2, 0.25) is 15.9 Å². The van der Waals surface area contributed by atoms with E-state index in [1.807, 2.05) is 17.9 Å². The lowest BCUT2D eigenvalue weighted by atomic mass is 10.2. The largest absolute Gasteiger partial charge is 0.348 e. The van der Waals surface area contributed by atoms with Gasteiger partial charge in [0.15, 0.2) is 0 Å². The zero-order valence-electron chi connectivity index (χ0n) is 13.9. The van der Waals surface area contributed by atoms with E-state index >= 15 is 0 Å². The average molecular weight is 327 g/mol. The zero-order valence-corrected chi connectivity index (χ0v) is 14.7. The molecule has 0 bridgehead atoms. The van der Waals surface area contributed by atoms with Crippen molar-refractivity contribution < 1.29 is 13.2 Å². The van der Waals surface area contributed by atoms with E-state index in [0.29, 0.717) is 19.6 Å². The van der Waals surface area contributed by atoms with E-state index < -0.39 is 10.0 Å². The molecule has 0 saturated heterocycles. The SMILES string of the molecule is CCN(CC(=O)N(C)C)Cc1cccc(S(=O)(=O)N(C)C)c1. The molecule has 0 aliphatic carbocycles. The second-order valence-electron chi connectivity index (χ2n) is 5.53. The van der Waals surface area contributed by atoms with Gasteiger partial charge in [-0.3, -0.25) is 9.69 Å². The number of benzene rings is 1. The summed E-state index contributed by atoms with van der Waals surface area (Å²) in [6, 6.07) is 6.85. The Balaban J connectivity index is 2.92. The first-order valence-electron chi connectivity index (χ1n) is 7.12. The van der Waals surface area contributed by atoms with Crippen molar-refractivity contribution in [1.29, 1.82) is 0 Å². The number of sulfonamides is 1. The molecule has 1 amide bonds. The van der Waals surface area contributed by atoms with Crippen LogP contribution in [-0.2, 0) is 21.4 Å². The number of carbonyl (C=O) groups excluding carboxylic acids is 1. The van der Waals surface area contributed by atoms with Gasteiger partial charge in [0.1, 0.15) is 0 Å². The van der Waals surface area contributed by atoms with Crippen LogP contribution < -0.4 is 0 Å². The molecule has 0 fully saturated rings. The number of hydrogen-bond donors (Lipinski definition) is 0. The molecule has 0 saturated carbocycles. The van der Waals surface area contributed by atoms with Gasteiger partial charge in [-0.05, 0) is 24.2 Å². The Morgan fingerprint density at radius 2 is 1.77 bits per heavy atom. The molecule has 0 aromatic heterocycles.